The Labute approximate surface area is 123 Å². The molecule has 1 aliphatic rings. The molecular formula is C14H20BrClN2. The minimum atomic E-state index is 0.490. The van der Waals surface area contributed by atoms with E-state index in [-0.39, 0.29) is 0 Å². The summed E-state index contributed by atoms with van der Waals surface area (Å²) in [6.45, 7) is 3.91. The second-order valence-corrected chi connectivity index (χ2v) is 6.40. The Morgan fingerprint density at radius 2 is 2.22 bits per heavy atom. The van der Waals surface area contributed by atoms with E-state index in [1.54, 1.807) is 0 Å². The molecule has 1 heterocycles. The normalized spacial score (nSPS) is 25.3. The third kappa shape index (κ3) is 3.27. The molecule has 1 aromatic rings. The van der Waals surface area contributed by atoms with Gasteiger partial charge in [-0.15, -0.1) is 0 Å². The zero-order chi connectivity index (χ0) is 13.1. The van der Waals surface area contributed by atoms with E-state index in [1.807, 2.05) is 12.1 Å². The van der Waals surface area contributed by atoms with Crippen molar-refractivity contribution in [1.82, 2.24) is 4.90 Å². The van der Waals surface area contributed by atoms with Crippen molar-refractivity contribution in [3.05, 3.63) is 33.3 Å². The van der Waals surface area contributed by atoms with Gasteiger partial charge in [0.25, 0.3) is 0 Å². The zero-order valence-electron chi connectivity index (χ0n) is 10.7. The van der Waals surface area contributed by atoms with E-state index < -0.39 is 0 Å². The van der Waals surface area contributed by atoms with Gasteiger partial charge in [-0.3, -0.25) is 4.90 Å². The summed E-state index contributed by atoms with van der Waals surface area (Å²) in [7, 11) is 0. The van der Waals surface area contributed by atoms with Crippen molar-refractivity contribution < 1.29 is 0 Å². The molecule has 2 N–H and O–H groups in total. The molecule has 1 aromatic carbocycles. The van der Waals surface area contributed by atoms with Crippen molar-refractivity contribution in [3.8, 4) is 0 Å². The Morgan fingerprint density at radius 3 is 2.94 bits per heavy atom. The Bertz CT molecular complexity index is 411. The number of hydrogen-bond acceptors (Lipinski definition) is 2. The Hall–Kier alpha value is -0.0900. The van der Waals surface area contributed by atoms with Crippen LogP contribution in [0.5, 0.6) is 0 Å². The molecule has 0 radical (unpaired) electrons. The van der Waals surface area contributed by atoms with Gasteiger partial charge < -0.3 is 5.73 Å². The van der Waals surface area contributed by atoms with E-state index >= 15 is 0 Å². The van der Waals surface area contributed by atoms with Crippen LogP contribution in [0, 0.1) is 0 Å². The Kier molecular flexibility index (Phi) is 5.07. The topological polar surface area (TPSA) is 29.3 Å². The molecule has 2 rings (SSSR count). The minimum Gasteiger partial charge on any atom is -0.329 e. The highest BCUT2D eigenvalue weighted by atomic mass is 79.9. The molecule has 4 heteroatoms. The van der Waals surface area contributed by atoms with E-state index in [1.165, 1.54) is 24.8 Å². The Balaban J connectivity index is 2.17. The smallest absolute Gasteiger partial charge is 0.0451 e. The first-order valence-electron chi connectivity index (χ1n) is 6.51. The van der Waals surface area contributed by atoms with Gasteiger partial charge in [-0.05, 0) is 43.5 Å². The number of nitrogens with zero attached hydrogens (tertiary/aromatic N) is 1. The van der Waals surface area contributed by atoms with Crippen LogP contribution < -0.4 is 5.73 Å². The van der Waals surface area contributed by atoms with Gasteiger partial charge >= 0.3 is 0 Å². The summed E-state index contributed by atoms with van der Waals surface area (Å²) in [5.74, 6) is 0. The summed E-state index contributed by atoms with van der Waals surface area (Å²) >= 11 is 9.78. The number of benzene rings is 1. The average molecular weight is 332 g/mol. The van der Waals surface area contributed by atoms with Crippen LogP contribution in [-0.2, 0) is 6.54 Å². The maximum atomic E-state index is 6.28. The van der Waals surface area contributed by atoms with Crippen LogP contribution >= 0.6 is 27.5 Å². The third-order valence-electron chi connectivity index (χ3n) is 3.83. The molecule has 0 amide bonds. The van der Waals surface area contributed by atoms with Crippen molar-refractivity contribution in [2.75, 3.05) is 6.54 Å². The largest absolute Gasteiger partial charge is 0.329 e. The van der Waals surface area contributed by atoms with E-state index in [0.717, 1.165) is 22.6 Å². The van der Waals surface area contributed by atoms with Gasteiger partial charge in [0.15, 0.2) is 0 Å². The first-order valence-corrected chi connectivity index (χ1v) is 7.68. The van der Waals surface area contributed by atoms with Gasteiger partial charge in [0.1, 0.15) is 0 Å². The second-order valence-electron chi connectivity index (χ2n) is 5.08. The molecule has 0 saturated carbocycles. The molecular weight excluding hydrogens is 312 g/mol. The molecule has 2 unspecified atom stereocenters. The molecule has 0 bridgehead atoms. The van der Waals surface area contributed by atoms with Crippen LogP contribution in [0.3, 0.4) is 0 Å². The van der Waals surface area contributed by atoms with Crippen LogP contribution in [0.4, 0.5) is 0 Å². The van der Waals surface area contributed by atoms with Crippen molar-refractivity contribution >= 4 is 27.5 Å². The van der Waals surface area contributed by atoms with Gasteiger partial charge in [-0.25, -0.2) is 0 Å². The molecule has 100 valence electrons. The highest BCUT2D eigenvalue weighted by molar-refractivity contribution is 9.10. The molecule has 1 saturated heterocycles. The van der Waals surface area contributed by atoms with Gasteiger partial charge in [-0.2, -0.15) is 0 Å². The minimum absolute atomic E-state index is 0.490. The van der Waals surface area contributed by atoms with Crippen molar-refractivity contribution in [2.45, 2.75) is 44.8 Å². The van der Waals surface area contributed by atoms with Crippen molar-refractivity contribution in [2.24, 2.45) is 5.73 Å². The third-order valence-corrected chi connectivity index (χ3v) is 4.69. The number of halogens is 2. The van der Waals surface area contributed by atoms with E-state index in [9.17, 15) is 0 Å². The van der Waals surface area contributed by atoms with Crippen LogP contribution in [0.25, 0.3) is 0 Å². The molecule has 2 nitrogen and oxygen atoms in total. The summed E-state index contributed by atoms with van der Waals surface area (Å²) in [4.78, 5) is 2.50. The van der Waals surface area contributed by atoms with Crippen LogP contribution in [0.2, 0.25) is 5.02 Å². The lowest BCUT2D eigenvalue weighted by Gasteiger charge is -2.40. The lowest BCUT2D eigenvalue weighted by molar-refractivity contribution is 0.0892. The summed E-state index contributed by atoms with van der Waals surface area (Å²) in [5.41, 5.74) is 7.07. The number of rotatable bonds is 3. The standard InChI is InChI=1S/C14H20BrClN2/c1-10-3-2-4-13(8-17)18(10)9-11-7-12(15)5-6-14(11)16/h5-7,10,13H,2-4,8-9,17H2,1H3. The first kappa shape index (κ1) is 14.3. The lowest BCUT2D eigenvalue weighted by atomic mass is 9.95. The number of nitrogens with two attached hydrogens (primary N) is 1. The second kappa shape index (κ2) is 6.38. The summed E-state index contributed by atoms with van der Waals surface area (Å²) in [5, 5.41) is 0.840. The number of piperidine rings is 1. The predicted molar refractivity (Wildman–Crippen MR) is 80.9 cm³/mol. The lowest BCUT2D eigenvalue weighted by Crippen LogP contribution is -2.48. The SMILES string of the molecule is CC1CCCC(CN)N1Cc1cc(Br)ccc1Cl. The first-order chi connectivity index (χ1) is 8.61. The van der Waals surface area contributed by atoms with E-state index in [2.05, 4.69) is 33.8 Å². The van der Waals surface area contributed by atoms with Gasteiger partial charge in [0, 0.05) is 34.7 Å². The molecule has 1 aliphatic heterocycles. The maximum absolute atomic E-state index is 6.28. The van der Waals surface area contributed by atoms with Gasteiger partial charge in [0.2, 0.25) is 0 Å². The van der Waals surface area contributed by atoms with Crippen molar-refractivity contribution in [3.63, 3.8) is 0 Å². The number of hydrogen-bond donors (Lipinski definition) is 1. The molecule has 2 atom stereocenters. The van der Waals surface area contributed by atoms with E-state index in [0.29, 0.717) is 12.1 Å². The van der Waals surface area contributed by atoms with Gasteiger partial charge in [0.05, 0.1) is 0 Å². The average Bonchev–Trinajstić information content (AvgIpc) is 2.36. The molecule has 18 heavy (non-hydrogen) atoms. The maximum Gasteiger partial charge on any atom is 0.0451 e. The quantitative estimate of drug-likeness (QED) is 0.912. The molecule has 0 aromatic heterocycles. The van der Waals surface area contributed by atoms with Crippen LogP contribution in [0.1, 0.15) is 31.7 Å². The zero-order valence-corrected chi connectivity index (χ0v) is 13.0. The van der Waals surface area contributed by atoms with E-state index in [4.69, 9.17) is 17.3 Å². The summed E-state index contributed by atoms with van der Waals surface area (Å²) in [6, 6.07) is 7.11. The molecule has 1 fully saturated rings. The fourth-order valence-corrected chi connectivity index (χ4v) is 3.33. The van der Waals surface area contributed by atoms with Crippen LogP contribution in [-0.4, -0.2) is 23.5 Å². The fraction of sp³-hybridized carbons (Fsp3) is 0.571. The van der Waals surface area contributed by atoms with Gasteiger partial charge in [-0.1, -0.05) is 34.0 Å². The van der Waals surface area contributed by atoms with Crippen LogP contribution in [0.15, 0.2) is 22.7 Å². The monoisotopic (exact) mass is 330 g/mol. The summed E-state index contributed by atoms with van der Waals surface area (Å²) in [6.07, 6.45) is 3.74. The number of likely N-dealkylation sites (tertiary alicyclic amines) is 1. The fourth-order valence-electron chi connectivity index (χ4n) is 2.74. The highest BCUT2D eigenvalue weighted by Gasteiger charge is 2.27. The Morgan fingerprint density at radius 1 is 1.44 bits per heavy atom. The highest BCUT2D eigenvalue weighted by Crippen LogP contribution is 2.28. The van der Waals surface area contributed by atoms with Crippen molar-refractivity contribution in [1.29, 1.82) is 0 Å². The predicted octanol–water partition coefficient (Wildman–Crippen LogP) is 3.80. The summed E-state index contributed by atoms with van der Waals surface area (Å²) < 4.78 is 1.08. The molecule has 0 aliphatic carbocycles. The molecule has 0 spiro atoms.